The van der Waals surface area contributed by atoms with Crippen molar-refractivity contribution in [1.29, 1.82) is 0 Å². The predicted molar refractivity (Wildman–Crippen MR) is 67.4 cm³/mol. The Bertz CT molecular complexity index is 643. The van der Waals surface area contributed by atoms with Crippen molar-refractivity contribution in [2.45, 2.75) is 13.5 Å². The van der Waals surface area contributed by atoms with Gasteiger partial charge in [-0.25, -0.2) is 4.79 Å². The molecule has 0 spiro atoms. The molecule has 0 bridgehead atoms. The Kier molecular flexibility index (Phi) is 3.66. The lowest BCUT2D eigenvalue weighted by Gasteiger charge is -2.07. The van der Waals surface area contributed by atoms with Gasteiger partial charge in [-0.1, -0.05) is 30.3 Å². The zero-order chi connectivity index (χ0) is 13.8. The Morgan fingerprint density at radius 2 is 2.00 bits per heavy atom. The summed E-state index contributed by atoms with van der Waals surface area (Å²) in [6.45, 7) is 1.72. The van der Waals surface area contributed by atoms with Crippen molar-refractivity contribution in [3.05, 3.63) is 63.7 Å². The van der Waals surface area contributed by atoms with Crippen LogP contribution in [0.1, 0.15) is 21.9 Å². The third-order valence-corrected chi connectivity index (χ3v) is 2.51. The van der Waals surface area contributed by atoms with Gasteiger partial charge in [0.05, 0.1) is 0 Å². The van der Waals surface area contributed by atoms with Gasteiger partial charge in [-0.15, -0.1) is 0 Å². The molecule has 1 aromatic carbocycles. The molecule has 1 N–H and O–H groups in total. The molecule has 98 valence electrons. The van der Waals surface area contributed by atoms with Gasteiger partial charge in [-0.2, -0.15) is 0 Å². The standard InChI is InChI=1S/C14H12O5/c1-9-13(11(15)7-12(19-9)14(16)17)18-8-10-5-3-2-4-6-10/h2-7H,8H2,1H3,(H,16,17). The third-order valence-electron chi connectivity index (χ3n) is 2.51. The molecule has 0 saturated carbocycles. The van der Waals surface area contributed by atoms with Crippen molar-refractivity contribution in [1.82, 2.24) is 0 Å². The Balaban J connectivity index is 2.22. The number of rotatable bonds is 4. The molecule has 5 nitrogen and oxygen atoms in total. The maximum absolute atomic E-state index is 11.7. The van der Waals surface area contributed by atoms with E-state index in [1.807, 2.05) is 30.3 Å². The maximum atomic E-state index is 11.7. The molecule has 0 fully saturated rings. The minimum atomic E-state index is -1.28. The quantitative estimate of drug-likeness (QED) is 0.912. The molecule has 1 aromatic heterocycles. The zero-order valence-electron chi connectivity index (χ0n) is 10.3. The number of hydrogen-bond donors (Lipinski definition) is 1. The summed E-state index contributed by atoms with van der Waals surface area (Å²) in [5.74, 6) is -1.49. The van der Waals surface area contributed by atoms with Gasteiger partial charge in [-0.3, -0.25) is 4.79 Å². The zero-order valence-corrected chi connectivity index (χ0v) is 10.3. The Hall–Kier alpha value is -2.56. The van der Waals surface area contributed by atoms with Gasteiger partial charge in [-0.05, 0) is 12.5 Å². The van der Waals surface area contributed by atoms with Crippen LogP contribution in [0.25, 0.3) is 0 Å². The Labute approximate surface area is 109 Å². The lowest BCUT2D eigenvalue weighted by molar-refractivity contribution is 0.0656. The van der Waals surface area contributed by atoms with Gasteiger partial charge >= 0.3 is 5.97 Å². The number of carboxylic acid groups (broad SMARTS) is 1. The summed E-state index contributed by atoms with van der Waals surface area (Å²) in [5, 5.41) is 8.76. The van der Waals surface area contributed by atoms with Crippen LogP contribution in [0.3, 0.4) is 0 Å². The van der Waals surface area contributed by atoms with Crippen LogP contribution >= 0.6 is 0 Å². The number of aromatic carboxylic acids is 1. The van der Waals surface area contributed by atoms with E-state index in [2.05, 4.69) is 0 Å². The van der Waals surface area contributed by atoms with Crippen LogP contribution in [0.4, 0.5) is 0 Å². The molecule has 0 aliphatic carbocycles. The van der Waals surface area contributed by atoms with E-state index in [9.17, 15) is 9.59 Å². The highest BCUT2D eigenvalue weighted by atomic mass is 16.5. The van der Waals surface area contributed by atoms with Crippen LogP contribution in [0, 0.1) is 6.92 Å². The Morgan fingerprint density at radius 1 is 1.32 bits per heavy atom. The first-order valence-corrected chi connectivity index (χ1v) is 5.62. The molecule has 0 saturated heterocycles. The molecule has 5 heteroatoms. The van der Waals surface area contributed by atoms with E-state index in [0.29, 0.717) is 0 Å². The first kappa shape index (κ1) is 12.9. The summed E-state index contributed by atoms with van der Waals surface area (Å²) in [6, 6.07) is 10.2. The van der Waals surface area contributed by atoms with Gasteiger partial charge in [0.1, 0.15) is 12.4 Å². The van der Waals surface area contributed by atoms with Crippen molar-refractivity contribution in [3.63, 3.8) is 0 Å². The van der Waals surface area contributed by atoms with Crippen LogP contribution in [0.5, 0.6) is 5.75 Å². The molecule has 0 amide bonds. The summed E-state index contributed by atoms with van der Waals surface area (Å²) < 4.78 is 10.4. The smallest absolute Gasteiger partial charge is 0.371 e. The van der Waals surface area contributed by atoms with E-state index >= 15 is 0 Å². The van der Waals surface area contributed by atoms with E-state index in [4.69, 9.17) is 14.3 Å². The monoisotopic (exact) mass is 260 g/mol. The van der Waals surface area contributed by atoms with Crippen molar-refractivity contribution < 1.29 is 19.1 Å². The first-order valence-electron chi connectivity index (χ1n) is 5.62. The molecule has 0 radical (unpaired) electrons. The molecule has 2 aromatic rings. The third kappa shape index (κ3) is 3.01. The molecular formula is C14H12O5. The van der Waals surface area contributed by atoms with Crippen molar-refractivity contribution in [3.8, 4) is 5.75 Å². The predicted octanol–water partition coefficient (Wildman–Crippen LogP) is 2.23. The first-order chi connectivity index (χ1) is 9.08. The SMILES string of the molecule is Cc1oc(C(=O)O)cc(=O)c1OCc1ccccc1. The fourth-order valence-electron chi connectivity index (χ4n) is 1.61. The molecule has 1 heterocycles. The van der Waals surface area contributed by atoms with Gasteiger partial charge in [0.2, 0.25) is 16.9 Å². The van der Waals surface area contributed by atoms with Crippen molar-refractivity contribution in [2.24, 2.45) is 0 Å². The van der Waals surface area contributed by atoms with E-state index < -0.39 is 17.2 Å². The number of carbonyl (C=O) groups is 1. The average Bonchev–Trinajstić information content (AvgIpc) is 2.38. The number of hydrogen-bond acceptors (Lipinski definition) is 4. The number of ether oxygens (including phenoxy) is 1. The van der Waals surface area contributed by atoms with Crippen molar-refractivity contribution in [2.75, 3.05) is 0 Å². The van der Waals surface area contributed by atoms with Crippen LogP contribution < -0.4 is 10.2 Å². The van der Waals surface area contributed by atoms with Gasteiger partial charge in [0.25, 0.3) is 0 Å². The lowest BCUT2D eigenvalue weighted by atomic mass is 10.2. The number of benzene rings is 1. The number of carboxylic acids is 1. The van der Waals surface area contributed by atoms with E-state index in [1.54, 1.807) is 0 Å². The molecule has 2 rings (SSSR count). The second kappa shape index (κ2) is 5.39. The molecular weight excluding hydrogens is 248 g/mol. The number of aryl methyl sites for hydroxylation is 1. The van der Waals surface area contributed by atoms with Gasteiger partial charge < -0.3 is 14.3 Å². The lowest BCUT2D eigenvalue weighted by Crippen LogP contribution is -2.12. The highest BCUT2D eigenvalue weighted by Crippen LogP contribution is 2.15. The summed E-state index contributed by atoms with van der Waals surface area (Å²) in [4.78, 5) is 22.5. The van der Waals surface area contributed by atoms with Crippen LogP contribution in [-0.2, 0) is 6.61 Å². The summed E-state index contributed by atoms with van der Waals surface area (Å²) in [5.41, 5.74) is 0.403. The largest absolute Gasteiger partial charge is 0.482 e. The molecule has 0 unspecified atom stereocenters. The van der Waals surface area contributed by atoms with E-state index in [0.717, 1.165) is 11.6 Å². The Morgan fingerprint density at radius 3 is 2.58 bits per heavy atom. The average molecular weight is 260 g/mol. The fraction of sp³-hybridized carbons (Fsp3) is 0.143. The molecule has 0 aliphatic rings. The molecule has 0 atom stereocenters. The summed E-state index contributed by atoms with van der Waals surface area (Å²) in [7, 11) is 0. The minimum absolute atomic E-state index is 0.0360. The highest BCUT2D eigenvalue weighted by molar-refractivity contribution is 5.84. The highest BCUT2D eigenvalue weighted by Gasteiger charge is 2.14. The molecule has 19 heavy (non-hydrogen) atoms. The van der Waals surface area contributed by atoms with E-state index in [1.165, 1.54) is 6.92 Å². The van der Waals surface area contributed by atoms with Crippen LogP contribution in [0.15, 0.2) is 45.6 Å². The fourth-order valence-corrected chi connectivity index (χ4v) is 1.61. The summed E-state index contributed by atoms with van der Waals surface area (Å²) in [6.07, 6.45) is 0. The van der Waals surface area contributed by atoms with Crippen molar-refractivity contribution >= 4 is 5.97 Å². The van der Waals surface area contributed by atoms with Gasteiger partial charge in [0.15, 0.2) is 0 Å². The normalized spacial score (nSPS) is 10.2. The van der Waals surface area contributed by atoms with Crippen LogP contribution in [-0.4, -0.2) is 11.1 Å². The second-order valence-corrected chi connectivity index (χ2v) is 3.94. The second-order valence-electron chi connectivity index (χ2n) is 3.94. The topological polar surface area (TPSA) is 76.7 Å². The summed E-state index contributed by atoms with van der Waals surface area (Å²) >= 11 is 0. The molecule has 0 aliphatic heterocycles. The maximum Gasteiger partial charge on any atom is 0.371 e. The minimum Gasteiger partial charge on any atom is -0.482 e. The van der Waals surface area contributed by atoms with Crippen LogP contribution in [0.2, 0.25) is 0 Å². The van der Waals surface area contributed by atoms with E-state index in [-0.39, 0.29) is 18.1 Å². The van der Waals surface area contributed by atoms with Gasteiger partial charge in [0, 0.05) is 6.07 Å².